The number of hydrogen-bond donors (Lipinski definition) is 1. The molecule has 1 N–H and O–H groups in total. The Bertz CT molecular complexity index is 888. The molecule has 3 rings (SSSR count). The van der Waals surface area contributed by atoms with E-state index in [1.807, 2.05) is 4.57 Å². The Morgan fingerprint density at radius 3 is 2.07 bits per heavy atom. The van der Waals surface area contributed by atoms with E-state index in [9.17, 15) is 0 Å². The van der Waals surface area contributed by atoms with E-state index in [1.54, 1.807) is 12.7 Å². The van der Waals surface area contributed by atoms with Crippen LogP contribution in [0.1, 0.15) is 13.2 Å². The van der Waals surface area contributed by atoms with Crippen molar-refractivity contribution >= 4 is 41.9 Å². The third kappa shape index (κ3) is 5.56. The number of rotatable bonds is 7. The second-order valence-corrected chi connectivity index (χ2v) is 24.7. The molecule has 168 valence electrons. The van der Waals surface area contributed by atoms with Gasteiger partial charge in [0.2, 0.25) is 0 Å². The molecule has 30 heavy (non-hydrogen) atoms. The third-order valence-corrected chi connectivity index (χ3v) is 7.47. The summed E-state index contributed by atoms with van der Waals surface area (Å²) in [5, 5.41) is 0. The van der Waals surface area contributed by atoms with Crippen molar-refractivity contribution < 1.29 is 13.6 Å². The number of fused-ring (bicyclic) bond motifs is 1. The lowest BCUT2D eigenvalue weighted by Crippen LogP contribution is -2.46. The maximum atomic E-state index is 6.63. The van der Waals surface area contributed by atoms with Crippen LogP contribution >= 0.6 is 0 Å². The standard InChI is InChI=1S/C19H37N5O3Si3/c1-13-15(26-29(5,6)7)16(27-30(8,9)10)19(25-13)24-12-22-14-17(23-28(2,3)4)20-11-21-18(14)24/h11-13,15-16,19H,1-10H3,(H,20,21,23). The summed E-state index contributed by atoms with van der Waals surface area (Å²) in [6, 6.07) is 0. The van der Waals surface area contributed by atoms with Crippen LogP contribution in [0.15, 0.2) is 12.7 Å². The molecule has 1 saturated heterocycles. The second kappa shape index (κ2) is 8.10. The van der Waals surface area contributed by atoms with Crippen LogP contribution < -0.4 is 4.98 Å². The molecule has 11 heteroatoms. The third-order valence-electron chi connectivity index (χ3n) is 4.53. The Kier molecular flexibility index (Phi) is 6.35. The van der Waals surface area contributed by atoms with Crippen molar-refractivity contribution in [2.45, 2.75) is 90.4 Å². The molecule has 0 saturated carbocycles. The Morgan fingerprint density at radius 1 is 0.900 bits per heavy atom. The van der Waals surface area contributed by atoms with Crippen molar-refractivity contribution in [2.24, 2.45) is 0 Å². The summed E-state index contributed by atoms with van der Waals surface area (Å²) in [4.78, 5) is 17.2. The molecule has 0 bridgehead atoms. The number of ether oxygens (including phenoxy) is 1. The van der Waals surface area contributed by atoms with Crippen molar-refractivity contribution in [2.75, 3.05) is 4.98 Å². The van der Waals surface area contributed by atoms with Crippen molar-refractivity contribution in [1.29, 1.82) is 0 Å². The van der Waals surface area contributed by atoms with Crippen molar-refractivity contribution in [3.8, 4) is 0 Å². The first-order valence-electron chi connectivity index (χ1n) is 10.6. The van der Waals surface area contributed by atoms with E-state index >= 15 is 0 Å². The Balaban J connectivity index is 2.02. The molecule has 0 aliphatic carbocycles. The van der Waals surface area contributed by atoms with Crippen LogP contribution in [0.4, 0.5) is 5.82 Å². The SMILES string of the molecule is CC1OC(n2cnc3c(N[Si](C)(C)C)ncnc32)C(O[Si](C)(C)C)C1O[Si](C)(C)C. The lowest BCUT2D eigenvalue weighted by Gasteiger charge is -2.33. The van der Waals surface area contributed by atoms with Gasteiger partial charge in [-0.05, 0) is 46.2 Å². The second-order valence-electron chi connectivity index (χ2n) is 11.0. The van der Waals surface area contributed by atoms with Crippen LogP contribution in [0.2, 0.25) is 58.9 Å². The van der Waals surface area contributed by atoms with Gasteiger partial charge in [0.15, 0.2) is 28.5 Å². The van der Waals surface area contributed by atoms with Gasteiger partial charge in [0.1, 0.15) is 38.1 Å². The number of imidazole rings is 1. The lowest BCUT2D eigenvalue weighted by molar-refractivity contribution is -0.0247. The molecule has 4 atom stereocenters. The molecule has 0 radical (unpaired) electrons. The van der Waals surface area contributed by atoms with E-state index < -0.39 is 24.9 Å². The molecule has 3 heterocycles. The highest BCUT2D eigenvalue weighted by molar-refractivity contribution is 6.79. The van der Waals surface area contributed by atoms with Gasteiger partial charge >= 0.3 is 0 Å². The average molecular weight is 468 g/mol. The zero-order valence-electron chi connectivity index (χ0n) is 20.0. The molecule has 0 amide bonds. The lowest BCUT2D eigenvalue weighted by atomic mass is 10.1. The van der Waals surface area contributed by atoms with E-state index in [2.05, 4.69) is 85.8 Å². The zero-order valence-corrected chi connectivity index (χ0v) is 23.0. The number of hydrogen-bond acceptors (Lipinski definition) is 7. The zero-order chi connectivity index (χ0) is 22.5. The van der Waals surface area contributed by atoms with Gasteiger partial charge in [0, 0.05) is 0 Å². The van der Waals surface area contributed by atoms with E-state index in [4.69, 9.17) is 13.6 Å². The fourth-order valence-corrected chi connectivity index (χ4v) is 6.72. The Morgan fingerprint density at radius 2 is 1.50 bits per heavy atom. The van der Waals surface area contributed by atoms with Gasteiger partial charge in [0.25, 0.3) is 0 Å². The van der Waals surface area contributed by atoms with E-state index in [0.29, 0.717) is 0 Å². The fraction of sp³-hybridized carbons (Fsp3) is 0.737. The summed E-state index contributed by atoms with van der Waals surface area (Å²) in [7, 11) is -5.22. The summed E-state index contributed by atoms with van der Waals surface area (Å²) < 4.78 is 21.6. The molecular weight excluding hydrogens is 430 g/mol. The number of nitrogens with one attached hydrogen (secondary N) is 1. The first-order valence-corrected chi connectivity index (χ1v) is 20.9. The van der Waals surface area contributed by atoms with Gasteiger partial charge in [-0.25, -0.2) is 15.0 Å². The minimum absolute atomic E-state index is 0.0815. The molecule has 2 aromatic rings. The van der Waals surface area contributed by atoms with Crippen LogP contribution in [-0.4, -0.2) is 62.7 Å². The van der Waals surface area contributed by atoms with Crippen molar-refractivity contribution in [3.63, 3.8) is 0 Å². The normalized spacial score (nSPS) is 25.8. The van der Waals surface area contributed by atoms with Gasteiger partial charge in [-0.2, -0.15) is 0 Å². The van der Waals surface area contributed by atoms with E-state index in [-0.39, 0.29) is 24.5 Å². The van der Waals surface area contributed by atoms with Crippen molar-refractivity contribution in [3.05, 3.63) is 12.7 Å². The van der Waals surface area contributed by atoms with E-state index in [0.717, 1.165) is 17.0 Å². The highest BCUT2D eigenvalue weighted by Gasteiger charge is 2.48. The molecule has 2 aromatic heterocycles. The maximum absolute atomic E-state index is 6.63. The smallest absolute Gasteiger partial charge is 0.184 e. The van der Waals surface area contributed by atoms with Gasteiger partial charge in [0.05, 0.1) is 12.4 Å². The Hall–Kier alpha value is -1.12. The fourth-order valence-electron chi connectivity index (χ4n) is 3.62. The highest BCUT2D eigenvalue weighted by atomic mass is 28.4. The van der Waals surface area contributed by atoms with Crippen LogP contribution in [-0.2, 0) is 13.6 Å². The van der Waals surface area contributed by atoms with Gasteiger partial charge < -0.3 is 18.6 Å². The number of aromatic nitrogens is 4. The first kappa shape index (κ1) is 23.5. The summed E-state index contributed by atoms with van der Waals surface area (Å²) >= 11 is 0. The van der Waals surface area contributed by atoms with Gasteiger partial charge in [-0.15, -0.1) is 0 Å². The quantitative estimate of drug-likeness (QED) is 0.603. The molecule has 0 spiro atoms. The summed E-state index contributed by atoms with van der Waals surface area (Å²) in [5.74, 6) is 0.779. The topological polar surface area (TPSA) is 83.3 Å². The number of anilines is 1. The molecule has 1 aliphatic rings. The Labute approximate surface area is 183 Å². The molecule has 0 aromatic carbocycles. The minimum atomic E-state index is -1.85. The van der Waals surface area contributed by atoms with Crippen LogP contribution in [0.25, 0.3) is 11.2 Å². The predicted molar refractivity (Wildman–Crippen MR) is 128 cm³/mol. The summed E-state index contributed by atoms with van der Waals surface area (Å²) in [5.41, 5.74) is 1.51. The summed E-state index contributed by atoms with van der Waals surface area (Å²) in [6.07, 6.45) is 2.64. The van der Waals surface area contributed by atoms with Crippen LogP contribution in [0.5, 0.6) is 0 Å². The molecular formula is C19H37N5O3Si3. The largest absolute Gasteiger partial charge is 0.409 e. The first-order chi connectivity index (χ1) is 13.6. The van der Waals surface area contributed by atoms with Crippen LogP contribution in [0.3, 0.4) is 0 Å². The van der Waals surface area contributed by atoms with E-state index in [1.165, 1.54) is 0 Å². The van der Waals surface area contributed by atoms with Gasteiger partial charge in [-0.1, -0.05) is 19.6 Å². The maximum Gasteiger partial charge on any atom is 0.184 e. The minimum Gasteiger partial charge on any atom is -0.409 e. The van der Waals surface area contributed by atoms with Crippen molar-refractivity contribution in [1.82, 2.24) is 19.5 Å². The molecule has 1 aliphatic heterocycles. The molecule has 4 unspecified atom stereocenters. The van der Waals surface area contributed by atoms with Crippen LogP contribution in [0, 0.1) is 0 Å². The predicted octanol–water partition coefficient (Wildman–Crippen LogP) is 4.43. The molecule has 1 fully saturated rings. The monoisotopic (exact) mass is 467 g/mol. The molecule has 8 nitrogen and oxygen atoms in total. The highest BCUT2D eigenvalue weighted by Crippen LogP contribution is 2.38. The van der Waals surface area contributed by atoms with Gasteiger partial charge in [-0.3, -0.25) is 4.57 Å². The summed E-state index contributed by atoms with van der Waals surface area (Å²) in [6.45, 7) is 22.0. The average Bonchev–Trinajstić information content (AvgIpc) is 3.08. The number of nitrogens with zero attached hydrogens (tertiary/aromatic N) is 4.